The molecule has 0 fully saturated rings. The molecule has 0 bridgehead atoms. The Kier molecular flexibility index (Phi) is 3.90. The smallest absolute Gasteiger partial charge is 0.0325 e. The molecule has 0 spiro atoms. The number of hydrogen-bond donors (Lipinski definition) is 1. The Morgan fingerprint density at radius 1 is 1.46 bits per heavy atom. The maximum atomic E-state index is 5.70. The molecule has 0 saturated carbocycles. The van der Waals surface area contributed by atoms with Crippen molar-refractivity contribution in [1.29, 1.82) is 0 Å². The molecule has 0 aliphatic rings. The number of nitrogen functional groups attached to an aromatic ring is 1. The molecule has 0 aromatic heterocycles. The summed E-state index contributed by atoms with van der Waals surface area (Å²) in [6.45, 7) is 4.14. The molecule has 0 amide bonds. The number of rotatable bonds is 3. The standard InChI is InChI=1S/C11H15NS/c1-3-4-7-13-11-8-10(12)6-5-9(11)2/h3-6,8H,7,12H2,1-2H3. The number of aryl methyl sites for hydroxylation is 1. The first-order valence-electron chi connectivity index (χ1n) is 4.34. The minimum Gasteiger partial charge on any atom is -0.399 e. The lowest BCUT2D eigenvalue weighted by Gasteiger charge is -2.04. The SMILES string of the molecule is CC=CCSc1cc(N)ccc1C. The molecule has 0 radical (unpaired) electrons. The van der Waals surface area contributed by atoms with Gasteiger partial charge < -0.3 is 5.73 Å². The monoisotopic (exact) mass is 193 g/mol. The minimum atomic E-state index is 0.841. The molecule has 1 rings (SSSR count). The van der Waals surface area contributed by atoms with Crippen molar-refractivity contribution in [3.8, 4) is 0 Å². The summed E-state index contributed by atoms with van der Waals surface area (Å²) in [5.74, 6) is 1.01. The van der Waals surface area contributed by atoms with Crippen LogP contribution in [0, 0.1) is 6.92 Å². The van der Waals surface area contributed by atoms with Gasteiger partial charge in [-0.25, -0.2) is 0 Å². The van der Waals surface area contributed by atoms with Crippen molar-refractivity contribution >= 4 is 17.4 Å². The molecule has 2 heteroatoms. The first kappa shape index (κ1) is 10.2. The molecule has 0 saturated heterocycles. The Bertz CT molecular complexity index is 305. The molecule has 2 N–H and O–H groups in total. The fourth-order valence-corrected chi connectivity index (χ4v) is 1.99. The Balaban J connectivity index is 2.69. The second kappa shape index (κ2) is 4.97. The molecule has 1 aromatic rings. The van der Waals surface area contributed by atoms with Gasteiger partial charge in [0.05, 0.1) is 0 Å². The highest BCUT2D eigenvalue weighted by Crippen LogP contribution is 2.24. The summed E-state index contributed by atoms with van der Waals surface area (Å²) in [7, 11) is 0. The van der Waals surface area contributed by atoms with E-state index < -0.39 is 0 Å². The van der Waals surface area contributed by atoms with Gasteiger partial charge in [-0.2, -0.15) is 0 Å². The number of allylic oxidation sites excluding steroid dienone is 1. The maximum Gasteiger partial charge on any atom is 0.0325 e. The van der Waals surface area contributed by atoms with Gasteiger partial charge in [0.2, 0.25) is 0 Å². The van der Waals surface area contributed by atoms with E-state index in [0.29, 0.717) is 0 Å². The van der Waals surface area contributed by atoms with Gasteiger partial charge in [-0.05, 0) is 31.5 Å². The first-order chi connectivity index (χ1) is 6.24. The van der Waals surface area contributed by atoms with E-state index in [-0.39, 0.29) is 0 Å². The fourth-order valence-electron chi connectivity index (χ4n) is 1.01. The molecule has 0 aliphatic carbocycles. The maximum absolute atomic E-state index is 5.70. The number of benzene rings is 1. The minimum absolute atomic E-state index is 0.841. The van der Waals surface area contributed by atoms with E-state index in [2.05, 4.69) is 25.1 Å². The summed E-state index contributed by atoms with van der Waals surface area (Å²) in [6, 6.07) is 6.03. The average Bonchev–Trinajstić information content (AvgIpc) is 2.11. The third kappa shape index (κ3) is 3.15. The molecule has 0 atom stereocenters. The van der Waals surface area contributed by atoms with Crippen molar-refractivity contribution in [1.82, 2.24) is 0 Å². The summed E-state index contributed by atoms with van der Waals surface area (Å²) < 4.78 is 0. The lowest BCUT2D eigenvalue weighted by Crippen LogP contribution is -1.87. The fraction of sp³-hybridized carbons (Fsp3) is 0.273. The molecular weight excluding hydrogens is 178 g/mol. The van der Waals surface area contributed by atoms with Crippen LogP contribution in [-0.2, 0) is 0 Å². The highest BCUT2D eigenvalue weighted by atomic mass is 32.2. The van der Waals surface area contributed by atoms with Crippen LogP contribution in [0.2, 0.25) is 0 Å². The third-order valence-corrected chi connectivity index (χ3v) is 2.89. The Morgan fingerprint density at radius 3 is 2.92 bits per heavy atom. The Morgan fingerprint density at radius 2 is 2.23 bits per heavy atom. The normalized spacial score (nSPS) is 10.9. The summed E-state index contributed by atoms with van der Waals surface area (Å²) in [6.07, 6.45) is 4.21. The van der Waals surface area contributed by atoms with Crippen molar-refractivity contribution in [2.45, 2.75) is 18.7 Å². The molecule has 13 heavy (non-hydrogen) atoms. The molecule has 0 aliphatic heterocycles. The van der Waals surface area contributed by atoms with Gasteiger partial charge in [0, 0.05) is 16.3 Å². The van der Waals surface area contributed by atoms with E-state index in [1.54, 1.807) is 0 Å². The largest absolute Gasteiger partial charge is 0.399 e. The second-order valence-corrected chi connectivity index (χ2v) is 3.97. The van der Waals surface area contributed by atoms with Gasteiger partial charge in [-0.1, -0.05) is 18.2 Å². The van der Waals surface area contributed by atoms with Crippen molar-refractivity contribution in [3.05, 3.63) is 35.9 Å². The van der Waals surface area contributed by atoms with Crippen LogP contribution < -0.4 is 5.73 Å². The number of nitrogens with two attached hydrogens (primary N) is 1. The van der Waals surface area contributed by atoms with Crippen LogP contribution >= 0.6 is 11.8 Å². The van der Waals surface area contributed by atoms with Gasteiger partial charge in [0.1, 0.15) is 0 Å². The number of anilines is 1. The van der Waals surface area contributed by atoms with Crippen molar-refractivity contribution < 1.29 is 0 Å². The van der Waals surface area contributed by atoms with Crippen LogP contribution in [0.5, 0.6) is 0 Å². The van der Waals surface area contributed by atoms with E-state index in [1.807, 2.05) is 30.8 Å². The van der Waals surface area contributed by atoms with Crippen molar-refractivity contribution in [2.75, 3.05) is 11.5 Å². The lowest BCUT2D eigenvalue weighted by molar-refractivity contribution is 1.30. The van der Waals surface area contributed by atoms with Gasteiger partial charge >= 0.3 is 0 Å². The van der Waals surface area contributed by atoms with Crippen LogP contribution in [0.3, 0.4) is 0 Å². The topological polar surface area (TPSA) is 26.0 Å². The quantitative estimate of drug-likeness (QED) is 0.453. The number of thioether (sulfide) groups is 1. The predicted molar refractivity (Wildman–Crippen MR) is 61.1 cm³/mol. The van der Waals surface area contributed by atoms with Crippen molar-refractivity contribution in [3.63, 3.8) is 0 Å². The molecule has 70 valence electrons. The zero-order valence-electron chi connectivity index (χ0n) is 8.08. The van der Waals surface area contributed by atoms with E-state index in [9.17, 15) is 0 Å². The summed E-state index contributed by atoms with van der Waals surface area (Å²) in [5.41, 5.74) is 7.84. The van der Waals surface area contributed by atoms with Gasteiger partial charge in [0.25, 0.3) is 0 Å². The Hall–Kier alpha value is -0.890. The van der Waals surface area contributed by atoms with Crippen LogP contribution in [0.25, 0.3) is 0 Å². The van der Waals surface area contributed by atoms with E-state index >= 15 is 0 Å². The van der Waals surface area contributed by atoms with E-state index in [1.165, 1.54) is 10.5 Å². The highest BCUT2D eigenvalue weighted by Gasteiger charge is 1.97. The molecule has 1 nitrogen and oxygen atoms in total. The first-order valence-corrected chi connectivity index (χ1v) is 5.32. The zero-order valence-corrected chi connectivity index (χ0v) is 8.90. The van der Waals surface area contributed by atoms with Crippen LogP contribution in [0.15, 0.2) is 35.2 Å². The predicted octanol–water partition coefficient (Wildman–Crippen LogP) is 3.25. The van der Waals surface area contributed by atoms with Crippen LogP contribution in [-0.4, -0.2) is 5.75 Å². The van der Waals surface area contributed by atoms with Crippen LogP contribution in [0.1, 0.15) is 12.5 Å². The second-order valence-electron chi connectivity index (χ2n) is 2.90. The Labute approximate surface area is 84.0 Å². The molecular formula is C11H15NS. The highest BCUT2D eigenvalue weighted by molar-refractivity contribution is 7.99. The van der Waals surface area contributed by atoms with Gasteiger partial charge in [0.15, 0.2) is 0 Å². The zero-order chi connectivity index (χ0) is 9.68. The molecule has 0 unspecified atom stereocenters. The summed E-state index contributed by atoms with van der Waals surface area (Å²) >= 11 is 1.82. The average molecular weight is 193 g/mol. The molecule has 0 heterocycles. The third-order valence-electron chi connectivity index (χ3n) is 1.78. The van der Waals surface area contributed by atoms with Gasteiger partial charge in [-0.15, -0.1) is 11.8 Å². The summed E-state index contributed by atoms with van der Waals surface area (Å²) in [5, 5.41) is 0. The summed E-state index contributed by atoms with van der Waals surface area (Å²) in [4.78, 5) is 1.28. The molecule has 1 aromatic carbocycles. The van der Waals surface area contributed by atoms with Gasteiger partial charge in [-0.3, -0.25) is 0 Å². The van der Waals surface area contributed by atoms with Crippen molar-refractivity contribution in [2.24, 2.45) is 0 Å². The lowest BCUT2D eigenvalue weighted by atomic mass is 10.2. The van der Waals surface area contributed by atoms with E-state index in [0.717, 1.165) is 11.4 Å². The van der Waals surface area contributed by atoms with Crippen LogP contribution in [0.4, 0.5) is 5.69 Å². The number of hydrogen-bond acceptors (Lipinski definition) is 2. The van der Waals surface area contributed by atoms with E-state index in [4.69, 9.17) is 5.73 Å².